The maximum Gasteiger partial charge on any atom is 0.146 e. The molecule has 0 aliphatic carbocycles. The summed E-state index contributed by atoms with van der Waals surface area (Å²) in [5.74, 6) is 0.485. The van der Waals surface area contributed by atoms with Crippen LogP contribution in [0.3, 0.4) is 0 Å². The molecule has 1 aromatic carbocycles. The molecule has 2 unspecified atom stereocenters. The van der Waals surface area contributed by atoms with Gasteiger partial charge in [-0.2, -0.15) is 0 Å². The highest BCUT2D eigenvalue weighted by Gasteiger charge is 2.26. The third-order valence-corrected chi connectivity index (χ3v) is 4.52. The van der Waals surface area contributed by atoms with Crippen LogP contribution in [0.15, 0.2) is 24.3 Å². The molecule has 0 radical (unpaired) electrons. The zero-order valence-corrected chi connectivity index (χ0v) is 12.6. The quantitative estimate of drug-likeness (QED) is 0.898. The average Bonchev–Trinajstić information content (AvgIpc) is 2.49. The van der Waals surface area contributed by atoms with Crippen molar-refractivity contribution >= 4 is 5.69 Å². The van der Waals surface area contributed by atoms with Crippen molar-refractivity contribution in [2.75, 3.05) is 37.6 Å². The van der Waals surface area contributed by atoms with Crippen LogP contribution in [0.25, 0.3) is 0 Å². The number of nitrogens with zero attached hydrogens (tertiary/aromatic N) is 2. The first-order valence-electron chi connectivity index (χ1n) is 7.61. The Morgan fingerprint density at radius 3 is 2.40 bits per heavy atom. The van der Waals surface area contributed by atoms with Crippen molar-refractivity contribution in [2.24, 2.45) is 11.7 Å². The molecule has 4 heteroatoms. The molecule has 2 atom stereocenters. The van der Waals surface area contributed by atoms with Crippen LogP contribution < -0.4 is 10.6 Å². The zero-order valence-electron chi connectivity index (χ0n) is 12.6. The summed E-state index contributed by atoms with van der Waals surface area (Å²) in [6.07, 6.45) is 1.15. The van der Waals surface area contributed by atoms with Crippen LogP contribution in [-0.4, -0.2) is 43.7 Å². The molecule has 1 aliphatic heterocycles. The minimum absolute atomic E-state index is 0.127. The van der Waals surface area contributed by atoms with Crippen molar-refractivity contribution in [3.63, 3.8) is 0 Å². The number of nitrogens with two attached hydrogens (primary N) is 1. The number of hydrogen-bond donors (Lipinski definition) is 1. The van der Waals surface area contributed by atoms with Gasteiger partial charge in [-0.05, 0) is 18.1 Å². The number of rotatable bonds is 5. The second-order valence-corrected chi connectivity index (χ2v) is 5.66. The highest BCUT2D eigenvalue weighted by Crippen LogP contribution is 2.22. The fourth-order valence-corrected chi connectivity index (χ4v) is 3.02. The number of hydrogen-bond acceptors (Lipinski definition) is 3. The van der Waals surface area contributed by atoms with Gasteiger partial charge in [0, 0.05) is 38.8 Å². The summed E-state index contributed by atoms with van der Waals surface area (Å²) in [5, 5.41) is 0. The van der Waals surface area contributed by atoms with Gasteiger partial charge in [-0.1, -0.05) is 32.4 Å². The van der Waals surface area contributed by atoms with Gasteiger partial charge in [0.2, 0.25) is 0 Å². The molecule has 1 saturated heterocycles. The van der Waals surface area contributed by atoms with Crippen molar-refractivity contribution in [2.45, 2.75) is 26.3 Å². The van der Waals surface area contributed by atoms with E-state index in [4.69, 9.17) is 5.73 Å². The molecule has 1 heterocycles. The van der Waals surface area contributed by atoms with E-state index in [-0.39, 0.29) is 5.82 Å². The van der Waals surface area contributed by atoms with Gasteiger partial charge in [0.25, 0.3) is 0 Å². The van der Waals surface area contributed by atoms with E-state index in [1.165, 1.54) is 6.07 Å². The molecule has 3 nitrogen and oxygen atoms in total. The molecular formula is C16H26FN3. The summed E-state index contributed by atoms with van der Waals surface area (Å²) in [4.78, 5) is 4.60. The minimum Gasteiger partial charge on any atom is -0.367 e. The highest BCUT2D eigenvalue weighted by molar-refractivity contribution is 5.48. The number of piperazine rings is 1. The summed E-state index contributed by atoms with van der Waals surface area (Å²) in [5.41, 5.74) is 6.66. The molecule has 0 saturated carbocycles. The van der Waals surface area contributed by atoms with Gasteiger partial charge in [-0.25, -0.2) is 4.39 Å². The van der Waals surface area contributed by atoms with Gasteiger partial charge >= 0.3 is 0 Å². The average molecular weight is 279 g/mol. The van der Waals surface area contributed by atoms with E-state index in [1.54, 1.807) is 6.07 Å². The summed E-state index contributed by atoms with van der Waals surface area (Å²) < 4.78 is 13.8. The zero-order chi connectivity index (χ0) is 14.5. The SMILES string of the molecule is CCC(C)C(CN)N1CCN(c2ccccc2F)CC1. The van der Waals surface area contributed by atoms with E-state index in [0.29, 0.717) is 18.5 Å². The third-order valence-electron chi connectivity index (χ3n) is 4.52. The van der Waals surface area contributed by atoms with Crippen LogP contribution in [0.2, 0.25) is 0 Å². The number of anilines is 1. The summed E-state index contributed by atoms with van der Waals surface area (Å²) >= 11 is 0. The fraction of sp³-hybridized carbons (Fsp3) is 0.625. The lowest BCUT2D eigenvalue weighted by Gasteiger charge is -2.41. The molecule has 1 aromatic rings. The third kappa shape index (κ3) is 3.30. The van der Waals surface area contributed by atoms with Gasteiger partial charge in [0.15, 0.2) is 0 Å². The second kappa shape index (κ2) is 7.04. The van der Waals surface area contributed by atoms with Crippen LogP contribution >= 0.6 is 0 Å². The Hall–Kier alpha value is -1.13. The van der Waals surface area contributed by atoms with Crippen LogP contribution in [-0.2, 0) is 0 Å². The predicted octanol–water partition coefficient (Wildman–Crippen LogP) is 2.32. The van der Waals surface area contributed by atoms with Crippen molar-refractivity contribution in [1.82, 2.24) is 4.90 Å². The van der Waals surface area contributed by atoms with Gasteiger partial charge in [-0.15, -0.1) is 0 Å². The van der Waals surface area contributed by atoms with Crippen molar-refractivity contribution in [3.05, 3.63) is 30.1 Å². The van der Waals surface area contributed by atoms with Gasteiger partial charge < -0.3 is 10.6 Å². The Balaban J connectivity index is 1.97. The topological polar surface area (TPSA) is 32.5 Å². The number of halogens is 1. The molecule has 0 aromatic heterocycles. The molecule has 1 fully saturated rings. The molecule has 2 rings (SSSR count). The lowest BCUT2D eigenvalue weighted by molar-refractivity contribution is 0.142. The second-order valence-electron chi connectivity index (χ2n) is 5.66. The van der Waals surface area contributed by atoms with Gasteiger partial charge in [0.05, 0.1) is 5.69 Å². The Bertz CT molecular complexity index is 416. The Kier molecular flexibility index (Phi) is 5.38. The predicted molar refractivity (Wildman–Crippen MR) is 82.5 cm³/mol. The molecule has 2 N–H and O–H groups in total. The molecule has 0 spiro atoms. The van der Waals surface area contributed by atoms with Gasteiger partial charge in [0.1, 0.15) is 5.82 Å². The van der Waals surface area contributed by atoms with Gasteiger partial charge in [-0.3, -0.25) is 4.90 Å². The Morgan fingerprint density at radius 1 is 1.20 bits per heavy atom. The van der Waals surface area contributed by atoms with Crippen molar-refractivity contribution < 1.29 is 4.39 Å². The smallest absolute Gasteiger partial charge is 0.146 e. The number of benzene rings is 1. The van der Waals surface area contributed by atoms with E-state index in [0.717, 1.165) is 38.3 Å². The van der Waals surface area contributed by atoms with E-state index >= 15 is 0 Å². The molecule has 0 amide bonds. The first kappa shape index (κ1) is 15.3. The first-order chi connectivity index (χ1) is 9.67. The first-order valence-corrected chi connectivity index (χ1v) is 7.61. The Labute approximate surface area is 121 Å². The van der Waals surface area contributed by atoms with Crippen molar-refractivity contribution in [1.29, 1.82) is 0 Å². The van der Waals surface area contributed by atoms with E-state index < -0.39 is 0 Å². The molecule has 0 bridgehead atoms. The van der Waals surface area contributed by atoms with Crippen LogP contribution in [0.1, 0.15) is 20.3 Å². The maximum atomic E-state index is 13.8. The fourth-order valence-electron chi connectivity index (χ4n) is 3.02. The monoisotopic (exact) mass is 279 g/mol. The van der Waals surface area contributed by atoms with E-state index in [1.807, 2.05) is 12.1 Å². The standard InChI is InChI=1S/C16H26FN3/c1-3-13(2)16(12-18)20-10-8-19(9-11-20)15-7-5-4-6-14(15)17/h4-7,13,16H,3,8-12,18H2,1-2H3. The van der Waals surface area contributed by atoms with E-state index in [9.17, 15) is 4.39 Å². The largest absolute Gasteiger partial charge is 0.367 e. The van der Waals surface area contributed by atoms with Crippen LogP contribution in [0.5, 0.6) is 0 Å². The summed E-state index contributed by atoms with van der Waals surface area (Å²) in [6.45, 7) is 8.83. The highest BCUT2D eigenvalue weighted by atomic mass is 19.1. The molecular weight excluding hydrogens is 253 g/mol. The minimum atomic E-state index is -0.127. The summed E-state index contributed by atoms with van der Waals surface area (Å²) in [7, 11) is 0. The Morgan fingerprint density at radius 2 is 1.85 bits per heavy atom. The number of para-hydroxylation sites is 1. The van der Waals surface area contributed by atoms with Crippen molar-refractivity contribution in [3.8, 4) is 0 Å². The summed E-state index contributed by atoms with van der Waals surface area (Å²) in [6, 6.07) is 7.47. The maximum absolute atomic E-state index is 13.8. The molecule has 20 heavy (non-hydrogen) atoms. The van der Waals surface area contributed by atoms with Crippen LogP contribution in [0.4, 0.5) is 10.1 Å². The van der Waals surface area contributed by atoms with Crippen LogP contribution in [0, 0.1) is 11.7 Å². The lowest BCUT2D eigenvalue weighted by atomic mass is 9.97. The van der Waals surface area contributed by atoms with E-state index in [2.05, 4.69) is 23.6 Å². The lowest BCUT2D eigenvalue weighted by Crippen LogP contribution is -2.54. The normalized spacial score (nSPS) is 19.9. The molecule has 112 valence electrons. The molecule has 1 aliphatic rings.